The number of rotatable bonds is 9. The molecule has 0 aromatic heterocycles. The van der Waals surface area contributed by atoms with E-state index in [1.165, 1.54) is 0 Å². The van der Waals surface area contributed by atoms with Gasteiger partial charge >= 0.3 is 0 Å². The number of carbonyl (C=O) groups excluding carboxylic acids is 3. The molecule has 196 valence electrons. The minimum atomic E-state index is -1.07. The van der Waals surface area contributed by atoms with Crippen molar-refractivity contribution in [1.82, 2.24) is 4.90 Å². The van der Waals surface area contributed by atoms with Crippen molar-refractivity contribution >= 4 is 40.7 Å². The first-order valence-electron chi connectivity index (χ1n) is 12.9. The molecule has 2 unspecified atom stereocenters. The number of aryl methyl sites for hydroxylation is 1. The van der Waals surface area contributed by atoms with E-state index in [4.69, 9.17) is 16.3 Å². The minimum absolute atomic E-state index is 0.0722. The fourth-order valence-corrected chi connectivity index (χ4v) is 6.56. The van der Waals surface area contributed by atoms with Crippen molar-refractivity contribution in [2.75, 3.05) is 23.8 Å². The van der Waals surface area contributed by atoms with Gasteiger partial charge in [-0.1, -0.05) is 41.9 Å². The summed E-state index contributed by atoms with van der Waals surface area (Å²) in [4.78, 5) is 42.8. The summed E-state index contributed by atoms with van der Waals surface area (Å²) < 4.78 is 6.46. The van der Waals surface area contributed by atoms with Gasteiger partial charge in [-0.3, -0.25) is 14.4 Å². The molecule has 9 heteroatoms. The number of nitrogens with zero attached hydrogens (tertiary/aromatic N) is 1. The molecule has 5 rings (SSSR count). The first-order valence-corrected chi connectivity index (χ1v) is 13.3. The summed E-state index contributed by atoms with van der Waals surface area (Å²) in [5.74, 6) is -2.27. The van der Waals surface area contributed by atoms with E-state index >= 15 is 0 Å². The number of anilines is 2. The van der Waals surface area contributed by atoms with Gasteiger partial charge in [0.2, 0.25) is 17.7 Å². The molecule has 0 aliphatic carbocycles. The van der Waals surface area contributed by atoms with Crippen molar-refractivity contribution in [1.29, 1.82) is 0 Å². The zero-order chi connectivity index (χ0) is 26.2. The summed E-state index contributed by atoms with van der Waals surface area (Å²) in [5, 5.41) is 15.5. The van der Waals surface area contributed by atoms with Gasteiger partial charge in [-0.05, 0) is 62.8 Å². The van der Waals surface area contributed by atoms with E-state index in [1.54, 1.807) is 23.1 Å². The summed E-state index contributed by atoms with van der Waals surface area (Å²) in [6.07, 6.45) is 2.67. The van der Waals surface area contributed by atoms with Crippen LogP contribution in [0.2, 0.25) is 5.02 Å². The SMILES string of the molecule is Cc1cccc(Cl)c1NC(=O)C1N(CCCCCO)C(=O)[C@@H]2[C@H](C(=O)Nc3ccccc3)[C@@H]3CCC12O3. The number of para-hydroxylation sites is 2. The highest BCUT2D eigenvalue weighted by Gasteiger charge is 2.74. The molecule has 2 aromatic carbocycles. The van der Waals surface area contributed by atoms with Gasteiger partial charge < -0.3 is 25.4 Å². The number of aliphatic hydroxyl groups is 1. The lowest BCUT2D eigenvalue weighted by Crippen LogP contribution is -2.53. The third-order valence-corrected chi connectivity index (χ3v) is 8.23. The zero-order valence-corrected chi connectivity index (χ0v) is 21.5. The van der Waals surface area contributed by atoms with E-state index in [-0.39, 0.29) is 24.3 Å². The van der Waals surface area contributed by atoms with Crippen molar-refractivity contribution in [3.05, 3.63) is 59.1 Å². The van der Waals surface area contributed by atoms with Gasteiger partial charge in [-0.15, -0.1) is 0 Å². The third-order valence-electron chi connectivity index (χ3n) is 7.92. The van der Waals surface area contributed by atoms with E-state index in [1.807, 2.05) is 37.3 Å². The van der Waals surface area contributed by atoms with E-state index in [2.05, 4.69) is 10.6 Å². The summed E-state index contributed by atoms with van der Waals surface area (Å²) in [6, 6.07) is 13.6. The summed E-state index contributed by atoms with van der Waals surface area (Å²) in [5.41, 5.74) is 0.897. The molecule has 0 radical (unpaired) electrons. The minimum Gasteiger partial charge on any atom is -0.396 e. The molecule has 3 heterocycles. The van der Waals surface area contributed by atoms with E-state index < -0.39 is 29.6 Å². The van der Waals surface area contributed by atoms with Gasteiger partial charge in [-0.2, -0.15) is 0 Å². The predicted molar refractivity (Wildman–Crippen MR) is 140 cm³/mol. The van der Waals surface area contributed by atoms with Crippen molar-refractivity contribution in [3.63, 3.8) is 0 Å². The van der Waals surface area contributed by atoms with Gasteiger partial charge in [0.15, 0.2) is 0 Å². The Bertz CT molecular complexity index is 1170. The molecule has 37 heavy (non-hydrogen) atoms. The zero-order valence-electron chi connectivity index (χ0n) is 20.8. The topological polar surface area (TPSA) is 108 Å². The van der Waals surface area contributed by atoms with Crippen LogP contribution in [0.5, 0.6) is 0 Å². The normalized spacial score (nSPS) is 27.9. The maximum atomic E-state index is 13.9. The molecule has 3 fully saturated rings. The molecule has 2 bridgehead atoms. The van der Waals surface area contributed by atoms with Crippen molar-refractivity contribution in [3.8, 4) is 0 Å². The highest BCUT2D eigenvalue weighted by atomic mass is 35.5. The Hall–Kier alpha value is -2.94. The van der Waals surface area contributed by atoms with E-state index in [0.717, 1.165) is 12.0 Å². The molecule has 3 saturated heterocycles. The maximum Gasteiger partial charge on any atom is 0.250 e. The van der Waals surface area contributed by atoms with Crippen LogP contribution < -0.4 is 10.6 Å². The van der Waals surface area contributed by atoms with Crippen LogP contribution in [0.25, 0.3) is 0 Å². The van der Waals surface area contributed by atoms with Crippen molar-refractivity contribution in [2.24, 2.45) is 11.8 Å². The number of hydrogen-bond acceptors (Lipinski definition) is 5. The molecule has 3 N–H and O–H groups in total. The first kappa shape index (κ1) is 25.7. The quantitative estimate of drug-likeness (QED) is 0.432. The number of carbonyl (C=O) groups is 3. The molecule has 2 aromatic rings. The van der Waals surface area contributed by atoms with Gasteiger partial charge in [0.1, 0.15) is 11.6 Å². The van der Waals surface area contributed by atoms with Crippen LogP contribution in [0.3, 0.4) is 0 Å². The van der Waals surface area contributed by atoms with E-state index in [0.29, 0.717) is 48.6 Å². The number of unbranched alkanes of at least 4 members (excludes halogenated alkanes) is 2. The average Bonchev–Trinajstić information content (AvgIpc) is 3.52. The Morgan fingerprint density at radius 2 is 1.86 bits per heavy atom. The third kappa shape index (κ3) is 4.51. The Balaban J connectivity index is 1.45. The number of ether oxygens (including phenoxy) is 1. The number of hydrogen-bond donors (Lipinski definition) is 3. The van der Waals surface area contributed by atoms with Crippen LogP contribution in [0, 0.1) is 18.8 Å². The number of aliphatic hydroxyl groups excluding tert-OH is 1. The smallest absolute Gasteiger partial charge is 0.250 e. The number of likely N-dealkylation sites (tertiary alicyclic amines) is 1. The van der Waals surface area contributed by atoms with Gasteiger partial charge in [-0.25, -0.2) is 0 Å². The second-order valence-corrected chi connectivity index (χ2v) is 10.6. The lowest BCUT2D eigenvalue weighted by molar-refractivity contribution is -0.139. The molecule has 3 aliphatic heterocycles. The summed E-state index contributed by atoms with van der Waals surface area (Å²) in [7, 11) is 0. The standard InChI is InChI=1S/C28H32ClN3O5/c1-17-9-8-12-19(29)23(17)31-26(35)24-28-14-13-20(37-28)21(25(34)30-18-10-4-2-5-11-18)22(28)27(36)32(24)15-6-3-7-16-33/h2,4-5,8-12,20-22,24,33H,3,6-7,13-16H2,1H3,(H,30,34)(H,31,35)/t20-,21+,22-,24?,28?/m0/s1. The van der Waals surface area contributed by atoms with Crippen LogP contribution in [0.15, 0.2) is 48.5 Å². The summed E-state index contributed by atoms with van der Waals surface area (Å²) >= 11 is 6.39. The molecule has 3 aliphatic rings. The molecular formula is C28H32ClN3O5. The highest BCUT2D eigenvalue weighted by molar-refractivity contribution is 6.34. The second-order valence-electron chi connectivity index (χ2n) is 10.1. The Morgan fingerprint density at radius 1 is 1.08 bits per heavy atom. The fraction of sp³-hybridized carbons (Fsp3) is 0.464. The van der Waals surface area contributed by atoms with Crippen LogP contribution in [0.4, 0.5) is 11.4 Å². The number of amides is 3. The van der Waals surface area contributed by atoms with Crippen LogP contribution in [0.1, 0.15) is 37.7 Å². The van der Waals surface area contributed by atoms with Gasteiger partial charge in [0.25, 0.3) is 0 Å². The maximum absolute atomic E-state index is 13.9. The largest absolute Gasteiger partial charge is 0.396 e. The Morgan fingerprint density at radius 3 is 2.59 bits per heavy atom. The lowest BCUT2D eigenvalue weighted by atomic mass is 9.70. The second kappa shape index (κ2) is 10.4. The molecular weight excluding hydrogens is 494 g/mol. The van der Waals surface area contributed by atoms with Crippen molar-refractivity contribution < 1.29 is 24.2 Å². The van der Waals surface area contributed by atoms with Crippen LogP contribution >= 0.6 is 11.6 Å². The molecule has 1 spiro atoms. The number of benzene rings is 2. The monoisotopic (exact) mass is 525 g/mol. The van der Waals surface area contributed by atoms with Crippen LogP contribution in [-0.4, -0.2) is 58.6 Å². The van der Waals surface area contributed by atoms with Gasteiger partial charge in [0.05, 0.1) is 28.6 Å². The first-order chi connectivity index (χ1) is 17.9. The Labute approximate surface area is 221 Å². The fourth-order valence-electron chi connectivity index (χ4n) is 6.29. The highest BCUT2D eigenvalue weighted by Crippen LogP contribution is 2.58. The number of halogens is 1. The lowest BCUT2D eigenvalue weighted by Gasteiger charge is -2.33. The van der Waals surface area contributed by atoms with Crippen LogP contribution in [-0.2, 0) is 19.1 Å². The summed E-state index contributed by atoms with van der Waals surface area (Å²) in [6.45, 7) is 2.27. The van der Waals surface area contributed by atoms with Crippen molar-refractivity contribution in [2.45, 2.75) is 56.8 Å². The Kier molecular flexibility index (Phi) is 7.25. The average molecular weight is 526 g/mol. The number of fused-ring (bicyclic) bond motifs is 1. The van der Waals surface area contributed by atoms with Gasteiger partial charge in [0, 0.05) is 18.8 Å². The molecule has 3 amide bonds. The molecule has 0 saturated carbocycles. The predicted octanol–water partition coefficient (Wildman–Crippen LogP) is 3.76. The molecule has 5 atom stereocenters. The molecule has 8 nitrogen and oxygen atoms in total. The number of nitrogens with one attached hydrogen (secondary N) is 2. The van der Waals surface area contributed by atoms with E-state index in [9.17, 15) is 19.5 Å².